The summed E-state index contributed by atoms with van der Waals surface area (Å²) in [5.41, 5.74) is 1.71. The van der Waals surface area contributed by atoms with Crippen molar-refractivity contribution in [1.82, 2.24) is 15.1 Å². The lowest BCUT2D eigenvalue weighted by molar-refractivity contribution is -0.141. The van der Waals surface area contributed by atoms with E-state index in [1.54, 1.807) is 30.3 Å². The molecule has 0 saturated carbocycles. The monoisotopic (exact) mass is 377 g/mol. The van der Waals surface area contributed by atoms with Crippen LogP contribution in [0.2, 0.25) is 0 Å². The summed E-state index contributed by atoms with van der Waals surface area (Å²) in [7, 11) is 0. The highest BCUT2D eigenvalue weighted by atomic mass is 16.4. The smallest absolute Gasteiger partial charge is 0.326 e. The molecule has 0 fully saturated rings. The lowest BCUT2D eigenvalue weighted by Crippen LogP contribution is -2.44. The number of rotatable bonds is 7. The number of aliphatic carboxylic acids is 1. The Morgan fingerprint density at radius 3 is 2.25 bits per heavy atom. The van der Waals surface area contributed by atoms with Crippen LogP contribution in [0.15, 0.2) is 77.6 Å². The summed E-state index contributed by atoms with van der Waals surface area (Å²) >= 11 is 0. The molecule has 1 atom stereocenters. The van der Waals surface area contributed by atoms with Crippen LogP contribution in [0, 0.1) is 0 Å². The van der Waals surface area contributed by atoms with Crippen LogP contribution in [-0.4, -0.2) is 32.8 Å². The van der Waals surface area contributed by atoms with Gasteiger partial charge in [0.05, 0.1) is 5.69 Å². The van der Waals surface area contributed by atoms with Crippen LogP contribution in [0.1, 0.15) is 5.56 Å². The van der Waals surface area contributed by atoms with Crippen molar-refractivity contribution in [3.63, 3.8) is 0 Å². The van der Waals surface area contributed by atoms with Crippen molar-refractivity contribution in [3.05, 3.63) is 88.7 Å². The van der Waals surface area contributed by atoms with Gasteiger partial charge in [-0.15, -0.1) is 0 Å². The second-order valence-corrected chi connectivity index (χ2v) is 6.23. The van der Waals surface area contributed by atoms with Crippen molar-refractivity contribution in [1.29, 1.82) is 0 Å². The summed E-state index contributed by atoms with van der Waals surface area (Å²) in [6, 6.07) is 20.1. The Kier molecular flexibility index (Phi) is 5.96. The normalized spacial score (nSPS) is 11.6. The molecule has 2 N–H and O–H groups in total. The molecule has 1 unspecified atom stereocenters. The van der Waals surface area contributed by atoms with Crippen LogP contribution >= 0.6 is 0 Å². The van der Waals surface area contributed by atoms with Crippen LogP contribution in [-0.2, 0) is 22.6 Å². The first-order valence-electron chi connectivity index (χ1n) is 8.72. The molecule has 7 nitrogen and oxygen atoms in total. The average Bonchev–Trinajstić information content (AvgIpc) is 2.70. The van der Waals surface area contributed by atoms with Gasteiger partial charge in [-0.1, -0.05) is 60.7 Å². The minimum absolute atomic E-state index is 0.147. The summed E-state index contributed by atoms with van der Waals surface area (Å²) in [6.45, 7) is -0.363. The van der Waals surface area contributed by atoms with Crippen molar-refractivity contribution in [2.75, 3.05) is 0 Å². The van der Waals surface area contributed by atoms with Gasteiger partial charge in [-0.2, -0.15) is 5.10 Å². The number of nitrogens with one attached hydrogen (secondary N) is 1. The first-order chi connectivity index (χ1) is 13.5. The van der Waals surface area contributed by atoms with Crippen molar-refractivity contribution in [2.24, 2.45) is 0 Å². The van der Waals surface area contributed by atoms with Crippen LogP contribution in [0.25, 0.3) is 11.3 Å². The molecule has 3 aromatic rings. The molecule has 2 aromatic carbocycles. The third kappa shape index (κ3) is 4.91. The minimum atomic E-state index is -1.14. The van der Waals surface area contributed by atoms with Gasteiger partial charge in [0.2, 0.25) is 5.91 Å². The van der Waals surface area contributed by atoms with Gasteiger partial charge in [-0.3, -0.25) is 9.59 Å². The number of amides is 1. The predicted molar refractivity (Wildman–Crippen MR) is 104 cm³/mol. The Balaban J connectivity index is 1.73. The zero-order chi connectivity index (χ0) is 19.9. The van der Waals surface area contributed by atoms with E-state index in [-0.39, 0.29) is 13.0 Å². The molecule has 0 aliphatic heterocycles. The minimum Gasteiger partial charge on any atom is -0.480 e. The fraction of sp³-hybridized carbons (Fsp3) is 0.143. The molecule has 142 valence electrons. The number of carboxylic acid groups (broad SMARTS) is 1. The predicted octanol–water partition coefficient (Wildman–Crippen LogP) is 1.72. The molecule has 1 amide bonds. The maximum Gasteiger partial charge on any atom is 0.326 e. The third-order valence-electron chi connectivity index (χ3n) is 4.15. The van der Waals surface area contributed by atoms with E-state index in [1.165, 1.54) is 6.07 Å². The molecule has 1 aromatic heterocycles. The molecule has 3 rings (SSSR count). The van der Waals surface area contributed by atoms with Gasteiger partial charge in [0.1, 0.15) is 12.6 Å². The van der Waals surface area contributed by atoms with Crippen molar-refractivity contribution in [2.45, 2.75) is 19.0 Å². The van der Waals surface area contributed by atoms with E-state index in [0.717, 1.165) is 15.8 Å². The fourth-order valence-electron chi connectivity index (χ4n) is 2.75. The van der Waals surface area contributed by atoms with Gasteiger partial charge < -0.3 is 10.4 Å². The second kappa shape index (κ2) is 8.77. The molecule has 1 heterocycles. The van der Waals surface area contributed by atoms with E-state index in [1.807, 2.05) is 36.4 Å². The molecule has 28 heavy (non-hydrogen) atoms. The van der Waals surface area contributed by atoms with Crippen LogP contribution in [0.3, 0.4) is 0 Å². The van der Waals surface area contributed by atoms with E-state index < -0.39 is 23.5 Å². The Morgan fingerprint density at radius 1 is 0.964 bits per heavy atom. The third-order valence-corrected chi connectivity index (χ3v) is 4.15. The topological polar surface area (TPSA) is 101 Å². The Bertz CT molecular complexity index is 1020. The summed E-state index contributed by atoms with van der Waals surface area (Å²) < 4.78 is 1.03. The van der Waals surface area contributed by atoms with Crippen molar-refractivity contribution >= 4 is 11.9 Å². The standard InChI is InChI=1S/C21H19N3O4/c25-19(22-18(21(27)28)13-15-7-3-1-4-8-15)14-24-20(26)12-11-17(23-24)16-9-5-2-6-10-16/h1-12,18H,13-14H2,(H,22,25)(H,27,28). The molecule has 0 aliphatic rings. The molecule has 0 radical (unpaired) electrons. The fourth-order valence-corrected chi connectivity index (χ4v) is 2.75. The van der Waals surface area contributed by atoms with Crippen molar-refractivity contribution in [3.8, 4) is 11.3 Å². The molecular formula is C21H19N3O4. The largest absolute Gasteiger partial charge is 0.480 e. The van der Waals surface area contributed by atoms with Gasteiger partial charge in [0.25, 0.3) is 5.56 Å². The summed E-state index contributed by atoms with van der Waals surface area (Å²) in [5.74, 6) is -1.74. The van der Waals surface area contributed by atoms with Crippen LogP contribution < -0.4 is 10.9 Å². The second-order valence-electron chi connectivity index (χ2n) is 6.23. The number of hydrogen-bond donors (Lipinski definition) is 2. The van der Waals surface area contributed by atoms with E-state index >= 15 is 0 Å². The summed E-state index contributed by atoms with van der Waals surface area (Å²) in [5, 5.41) is 16.1. The highest BCUT2D eigenvalue weighted by molar-refractivity contribution is 5.83. The Morgan fingerprint density at radius 2 is 1.61 bits per heavy atom. The van der Waals surface area contributed by atoms with Gasteiger partial charge >= 0.3 is 5.97 Å². The summed E-state index contributed by atoms with van der Waals surface area (Å²) in [4.78, 5) is 35.9. The molecule has 7 heteroatoms. The highest BCUT2D eigenvalue weighted by Gasteiger charge is 2.21. The Labute approximate surface area is 161 Å². The lowest BCUT2D eigenvalue weighted by Gasteiger charge is -2.15. The first kappa shape index (κ1) is 19.0. The number of nitrogens with zero attached hydrogens (tertiary/aromatic N) is 2. The van der Waals surface area contributed by atoms with E-state index in [9.17, 15) is 19.5 Å². The maximum absolute atomic E-state index is 12.3. The SMILES string of the molecule is O=C(Cn1nc(-c2ccccc2)ccc1=O)NC(Cc1ccccc1)C(=O)O. The number of hydrogen-bond acceptors (Lipinski definition) is 4. The van der Waals surface area contributed by atoms with Crippen LogP contribution in [0.5, 0.6) is 0 Å². The number of benzene rings is 2. The van der Waals surface area contributed by atoms with Gasteiger partial charge in [0.15, 0.2) is 0 Å². The van der Waals surface area contributed by atoms with Crippen molar-refractivity contribution < 1.29 is 14.7 Å². The highest BCUT2D eigenvalue weighted by Crippen LogP contribution is 2.13. The molecule has 0 aliphatic carbocycles. The molecule has 0 saturated heterocycles. The number of carbonyl (C=O) groups excluding carboxylic acids is 1. The zero-order valence-electron chi connectivity index (χ0n) is 15.0. The summed E-state index contributed by atoms with van der Waals surface area (Å²) in [6.07, 6.45) is 0.147. The van der Waals surface area contributed by atoms with Crippen LogP contribution in [0.4, 0.5) is 0 Å². The molecule has 0 spiro atoms. The van der Waals surface area contributed by atoms with Gasteiger partial charge in [0, 0.05) is 18.1 Å². The lowest BCUT2D eigenvalue weighted by atomic mass is 10.1. The van der Waals surface area contributed by atoms with E-state index in [4.69, 9.17) is 0 Å². The number of carbonyl (C=O) groups is 2. The first-order valence-corrected chi connectivity index (χ1v) is 8.72. The molecular weight excluding hydrogens is 358 g/mol. The van der Waals surface area contributed by atoms with E-state index in [0.29, 0.717) is 5.69 Å². The van der Waals surface area contributed by atoms with E-state index in [2.05, 4.69) is 10.4 Å². The number of carboxylic acids is 1. The Hall–Kier alpha value is -3.74. The number of aromatic nitrogens is 2. The quantitative estimate of drug-likeness (QED) is 0.653. The zero-order valence-corrected chi connectivity index (χ0v) is 15.0. The van der Waals surface area contributed by atoms with Gasteiger partial charge in [-0.25, -0.2) is 9.48 Å². The average molecular weight is 377 g/mol. The van der Waals surface area contributed by atoms with Gasteiger partial charge in [-0.05, 0) is 11.6 Å². The maximum atomic E-state index is 12.3. The molecule has 0 bridgehead atoms.